The van der Waals surface area contributed by atoms with Crippen molar-refractivity contribution in [2.45, 2.75) is 0 Å². The first-order valence-corrected chi connectivity index (χ1v) is 9.59. The second kappa shape index (κ2) is 8.43. The summed E-state index contributed by atoms with van der Waals surface area (Å²) in [6, 6.07) is 5.33. The van der Waals surface area contributed by atoms with Crippen molar-refractivity contribution < 1.29 is 9.47 Å². The Morgan fingerprint density at radius 2 is 1.26 bits per heavy atom. The summed E-state index contributed by atoms with van der Waals surface area (Å²) in [6.07, 6.45) is 0. The maximum atomic E-state index is 6.28. The summed E-state index contributed by atoms with van der Waals surface area (Å²) in [5.41, 5.74) is 0.577. The largest absolute Gasteiger partial charge is 0.378 e. The number of halogens is 2. The lowest BCUT2D eigenvalue weighted by Gasteiger charge is -2.30. The predicted octanol–water partition coefficient (Wildman–Crippen LogP) is 2.60. The molecule has 1 aromatic heterocycles. The first-order chi connectivity index (χ1) is 13.2. The van der Waals surface area contributed by atoms with Crippen LogP contribution in [0.3, 0.4) is 0 Å². The smallest absolute Gasteiger partial charge is 0.233 e. The third-order valence-corrected chi connectivity index (χ3v) is 5.03. The number of para-hydroxylation sites is 1. The average molecular weight is 411 g/mol. The Morgan fingerprint density at radius 1 is 0.778 bits per heavy atom. The van der Waals surface area contributed by atoms with Gasteiger partial charge in [0.2, 0.25) is 17.8 Å². The quantitative estimate of drug-likeness (QED) is 0.823. The number of hydrogen-bond acceptors (Lipinski definition) is 8. The standard InChI is InChI=1S/C17H20Cl2N6O2/c18-12-2-1-3-13(19)14(12)20-15-21-16(24-4-8-26-9-5-24)23-17(22-15)25-6-10-27-11-7-25/h1-3H,4-11H2,(H,20,21,22,23). The Labute approximate surface area is 167 Å². The van der Waals surface area contributed by atoms with Gasteiger partial charge in [-0.25, -0.2) is 0 Å². The number of benzene rings is 1. The van der Waals surface area contributed by atoms with Crippen molar-refractivity contribution in [1.29, 1.82) is 0 Å². The number of aromatic nitrogens is 3. The molecule has 8 nitrogen and oxygen atoms in total. The van der Waals surface area contributed by atoms with Crippen LogP contribution in [0.5, 0.6) is 0 Å². The molecule has 2 aliphatic heterocycles. The number of ether oxygens (including phenoxy) is 2. The second-order valence-electron chi connectivity index (χ2n) is 6.18. The zero-order chi connectivity index (χ0) is 18.6. The highest BCUT2D eigenvalue weighted by molar-refractivity contribution is 6.39. The molecular weight excluding hydrogens is 391 g/mol. The second-order valence-corrected chi connectivity index (χ2v) is 6.99. The molecule has 0 bridgehead atoms. The van der Waals surface area contributed by atoms with Gasteiger partial charge in [0.15, 0.2) is 0 Å². The lowest BCUT2D eigenvalue weighted by Crippen LogP contribution is -2.40. The Hall–Kier alpha value is -1.87. The fourth-order valence-corrected chi connectivity index (χ4v) is 3.44. The molecule has 2 fully saturated rings. The van der Waals surface area contributed by atoms with Gasteiger partial charge >= 0.3 is 0 Å². The van der Waals surface area contributed by atoms with Crippen LogP contribution in [0.2, 0.25) is 10.0 Å². The molecule has 0 saturated carbocycles. The number of nitrogens with zero attached hydrogens (tertiary/aromatic N) is 5. The molecule has 2 saturated heterocycles. The van der Waals surface area contributed by atoms with Crippen LogP contribution in [0.15, 0.2) is 18.2 Å². The van der Waals surface area contributed by atoms with Crippen molar-refractivity contribution >= 4 is 46.7 Å². The SMILES string of the molecule is Clc1cccc(Cl)c1Nc1nc(N2CCOCC2)nc(N2CCOCC2)n1. The molecule has 0 aliphatic carbocycles. The maximum Gasteiger partial charge on any atom is 0.233 e. The maximum absolute atomic E-state index is 6.28. The van der Waals surface area contributed by atoms with Crippen molar-refractivity contribution in [3.8, 4) is 0 Å². The van der Waals surface area contributed by atoms with Gasteiger partial charge in [-0.3, -0.25) is 0 Å². The van der Waals surface area contributed by atoms with Gasteiger partial charge in [-0.2, -0.15) is 15.0 Å². The lowest BCUT2D eigenvalue weighted by atomic mass is 10.3. The van der Waals surface area contributed by atoms with E-state index in [2.05, 4.69) is 30.1 Å². The highest BCUT2D eigenvalue weighted by Crippen LogP contribution is 2.32. The van der Waals surface area contributed by atoms with Gasteiger partial charge in [0.1, 0.15) is 0 Å². The molecule has 3 heterocycles. The van der Waals surface area contributed by atoms with Gasteiger partial charge in [-0.05, 0) is 12.1 Å². The average Bonchev–Trinajstić information content (AvgIpc) is 2.72. The van der Waals surface area contributed by atoms with Gasteiger partial charge in [-0.1, -0.05) is 29.3 Å². The summed E-state index contributed by atoms with van der Waals surface area (Å²) >= 11 is 12.6. The van der Waals surface area contributed by atoms with E-state index in [9.17, 15) is 0 Å². The van der Waals surface area contributed by atoms with Crippen LogP contribution < -0.4 is 15.1 Å². The molecule has 1 aromatic carbocycles. The normalized spacial score (nSPS) is 17.9. The van der Waals surface area contributed by atoms with Gasteiger partial charge in [0.05, 0.1) is 42.2 Å². The summed E-state index contributed by atoms with van der Waals surface area (Å²) in [7, 11) is 0. The number of hydrogen-bond donors (Lipinski definition) is 1. The van der Waals surface area contributed by atoms with Gasteiger partial charge in [-0.15, -0.1) is 0 Å². The minimum Gasteiger partial charge on any atom is -0.378 e. The van der Waals surface area contributed by atoms with Crippen molar-refractivity contribution in [3.05, 3.63) is 28.2 Å². The Kier molecular flexibility index (Phi) is 5.77. The number of anilines is 4. The van der Waals surface area contributed by atoms with E-state index in [1.54, 1.807) is 18.2 Å². The molecule has 4 rings (SSSR count). The highest BCUT2D eigenvalue weighted by atomic mass is 35.5. The molecule has 1 N–H and O–H groups in total. The minimum absolute atomic E-state index is 0.406. The third-order valence-electron chi connectivity index (χ3n) is 4.40. The van der Waals surface area contributed by atoms with E-state index in [1.165, 1.54) is 0 Å². The molecule has 0 amide bonds. The Bertz CT molecular complexity index is 740. The molecule has 0 radical (unpaired) electrons. The summed E-state index contributed by atoms with van der Waals surface area (Å²) < 4.78 is 10.9. The summed E-state index contributed by atoms with van der Waals surface area (Å²) in [6.45, 7) is 5.54. The van der Waals surface area contributed by atoms with Crippen LogP contribution in [0.25, 0.3) is 0 Å². The van der Waals surface area contributed by atoms with E-state index in [1.807, 2.05) is 0 Å². The Morgan fingerprint density at radius 3 is 1.74 bits per heavy atom. The van der Waals surface area contributed by atoms with E-state index in [4.69, 9.17) is 32.7 Å². The Balaban J connectivity index is 1.68. The zero-order valence-corrected chi connectivity index (χ0v) is 16.2. The van der Waals surface area contributed by atoms with Crippen LogP contribution in [-0.2, 0) is 9.47 Å². The summed E-state index contributed by atoms with van der Waals surface area (Å²) in [5, 5.41) is 4.16. The molecule has 0 unspecified atom stereocenters. The van der Waals surface area contributed by atoms with Crippen molar-refractivity contribution in [2.24, 2.45) is 0 Å². The van der Waals surface area contributed by atoms with Gasteiger partial charge < -0.3 is 24.6 Å². The molecule has 144 valence electrons. The zero-order valence-electron chi connectivity index (χ0n) is 14.7. The number of rotatable bonds is 4. The summed E-state index contributed by atoms with van der Waals surface area (Å²) in [5.74, 6) is 1.63. The predicted molar refractivity (Wildman–Crippen MR) is 106 cm³/mol. The van der Waals surface area contributed by atoms with Crippen LogP contribution >= 0.6 is 23.2 Å². The molecule has 2 aromatic rings. The topological polar surface area (TPSA) is 75.6 Å². The third kappa shape index (κ3) is 4.35. The molecule has 0 atom stereocenters. The molecule has 10 heteroatoms. The van der Waals surface area contributed by atoms with Crippen LogP contribution in [0.1, 0.15) is 0 Å². The van der Waals surface area contributed by atoms with E-state index < -0.39 is 0 Å². The van der Waals surface area contributed by atoms with E-state index in [-0.39, 0.29) is 0 Å². The monoisotopic (exact) mass is 410 g/mol. The fraction of sp³-hybridized carbons (Fsp3) is 0.471. The highest BCUT2D eigenvalue weighted by Gasteiger charge is 2.21. The van der Waals surface area contributed by atoms with E-state index >= 15 is 0 Å². The van der Waals surface area contributed by atoms with Crippen LogP contribution in [0, 0.1) is 0 Å². The van der Waals surface area contributed by atoms with Gasteiger partial charge in [0, 0.05) is 26.2 Å². The van der Waals surface area contributed by atoms with E-state index in [0.29, 0.717) is 60.0 Å². The minimum atomic E-state index is 0.406. The number of morpholine rings is 2. The van der Waals surface area contributed by atoms with Crippen molar-refractivity contribution in [3.63, 3.8) is 0 Å². The lowest BCUT2D eigenvalue weighted by molar-refractivity contribution is 0.121. The number of nitrogens with one attached hydrogen (secondary N) is 1. The molecule has 27 heavy (non-hydrogen) atoms. The van der Waals surface area contributed by atoms with Crippen molar-refractivity contribution in [2.75, 3.05) is 67.7 Å². The first kappa shape index (κ1) is 18.5. The van der Waals surface area contributed by atoms with Crippen molar-refractivity contribution in [1.82, 2.24) is 15.0 Å². The van der Waals surface area contributed by atoms with Gasteiger partial charge in [0.25, 0.3) is 0 Å². The molecule has 2 aliphatic rings. The first-order valence-electron chi connectivity index (χ1n) is 8.83. The fourth-order valence-electron chi connectivity index (χ4n) is 2.95. The van der Waals surface area contributed by atoms with Crippen LogP contribution in [-0.4, -0.2) is 67.6 Å². The summed E-state index contributed by atoms with van der Waals surface area (Å²) in [4.78, 5) is 18.0. The molecule has 0 spiro atoms. The molecular formula is C17H20Cl2N6O2. The van der Waals surface area contributed by atoms with E-state index in [0.717, 1.165) is 26.2 Å². The van der Waals surface area contributed by atoms with Crippen LogP contribution in [0.4, 0.5) is 23.5 Å².